The molecule has 1 aromatic heterocycles. The van der Waals surface area contributed by atoms with Crippen LogP contribution in [0.2, 0.25) is 0 Å². The van der Waals surface area contributed by atoms with Crippen molar-refractivity contribution in [2.75, 3.05) is 0 Å². The third-order valence-corrected chi connectivity index (χ3v) is 2.81. The van der Waals surface area contributed by atoms with E-state index < -0.39 is 15.5 Å². The quantitative estimate of drug-likeness (QED) is 0.711. The summed E-state index contributed by atoms with van der Waals surface area (Å²) in [5, 5.41) is -0.917. The summed E-state index contributed by atoms with van der Waals surface area (Å²) in [6, 6.07) is 0. The molecule has 1 atom stereocenters. The molecule has 0 aromatic carbocycles. The molecule has 0 saturated carbocycles. The van der Waals surface area contributed by atoms with Gasteiger partial charge in [-0.3, -0.25) is 4.55 Å². The first kappa shape index (κ1) is 9.21. The van der Waals surface area contributed by atoms with Gasteiger partial charge in [-0.15, -0.1) is 0 Å². The van der Waals surface area contributed by atoms with Gasteiger partial charge in [0.25, 0.3) is 10.1 Å². The molecule has 0 spiro atoms. The van der Waals surface area contributed by atoms with Crippen molar-refractivity contribution in [3.63, 3.8) is 0 Å². The number of aromatic nitrogens is 2. The van der Waals surface area contributed by atoms with Gasteiger partial charge in [-0.05, 0) is 6.42 Å². The lowest BCUT2D eigenvalue weighted by molar-refractivity contribution is 0.440. The smallest absolute Gasteiger partial charge is 0.286 e. The molecule has 0 fully saturated rings. The zero-order valence-corrected chi connectivity index (χ0v) is 7.40. The van der Waals surface area contributed by atoms with Crippen LogP contribution in [0.1, 0.15) is 18.7 Å². The van der Waals surface area contributed by atoms with E-state index in [1.807, 2.05) is 0 Å². The van der Waals surface area contributed by atoms with E-state index >= 15 is 0 Å². The molecule has 0 radical (unpaired) electrons. The van der Waals surface area contributed by atoms with Gasteiger partial charge < -0.3 is 4.57 Å². The third-order valence-electron chi connectivity index (χ3n) is 1.55. The van der Waals surface area contributed by atoms with Crippen molar-refractivity contribution >= 4 is 10.1 Å². The number of rotatable bonds is 3. The van der Waals surface area contributed by atoms with Gasteiger partial charge in [0.15, 0.2) is 5.37 Å². The second-order valence-corrected chi connectivity index (χ2v) is 3.96. The number of hydrogen-bond acceptors (Lipinski definition) is 3. The van der Waals surface area contributed by atoms with Crippen LogP contribution in [0.15, 0.2) is 18.7 Å². The molecule has 68 valence electrons. The van der Waals surface area contributed by atoms with Crippen LogP contribution in [-0.4, -0.2) is 22.5 Å². The maximum atomic E-state index is 10.8. The van der Waals surface area contributed by atoms with Gasteiger partial charge in [0.05, 0.1) is 6.33 Å². The largest absolute Gasteiger partial charge is 0.318 e. The number of nitrogens with zero attached hydrogens (tertiary/aromatic N) is 2. The van der Waals surface area contributed by atoms with Gasteiger partial charge in [0.1, 0.15) is 0 Å². The van der Waals surface area contributed by atoms with Crippen molar-refractivity contribution in [2.45, 2.75) is 18.7 Å². The van der Waals surface area contributed by atoms with Crippen LogP contribution < -0.4 is 0 Å². The predicted octanol–water partition coefficient (Wildman–Crippen LogP) is 0.679. The van der Waals surface area contributed by atoms with Crippen LogP contribution >= 0.6 is 0 Å². The fraction of sp³-hybridized carbons (Fsp3) is 0.500. The monoisotopic (exact) mass is 190 g/mol. The Morgan fingerprint density at radius 1 is 1.67 bits per heavy atom. The van der Waals surface area contributed by atoms with E-state index in [0.29, 0.717) is 6.42 Å². The second kappa shape index (κ2) is 3.24. The van der Waals surface area contributed by atoms with Crippen LogP contribution in [0, 0.1) is 0 Å². The summed E-state index contributed by atoms with van der Waals surface area (Å²) in [6.45, 7) is 1.68. The predicted molar refractivity (Wildman–Crippen MR) is 43.1 cm³/mol. The maximum absolute atomic E-state index is 10.8. The van der Waals surface area contributed by atoms with Crippen molar-refractivity contribution in [3.05, 3.63) is 18.7 Å². The first-order valence-electron chi connectivity index (χ1n) is 3.49. The van der Waals surface area contributed by atoms with Gasteiger partial charge >= 0.3 is 0 Å². The molecule has 0 bridgehead atoms. The molecule has 6 heteroatoms. The summed E-state index contributed by atoms with van der Waals surface area (Å²) in [7, 11) is -4.01. The summed E-state index contributed by atoms with van der Waals surface area (Å²) in [6.07, 6.45) is 4.65. The molecule has 0 aliphatic heterocycles. The van der Waals surface area contributed by atoms with Crippen molar-refractivity contribution < 1.29 is 13.0 Å². The molecule has 0 saturated heterocycles. The summed E-state index contributed by atoms with van der Waals surface area (Å²) in [4.78, 5) is 3.69. The van der Waals surface area contributed by atoms with Crippen LogP contribution in [0.3, 0.4) is 0 Å². The van der Waals surface area contributed by atoms with E-state index in [9.17, 15) is 8.42 Å². The molecule has 5 nitrogen and oxygen atoms in total. The molecule has 1 aromatic rings. The molecule has 1 N–H and O–H groups in total. The second-order valence-electron chi connectivity index (χ2n) is 2.39. The highest BCUT2D eigenvalue weighted by molar-refractivity contribution is 7.85. The first-order valence-corrected chi connectivity index (χ1v) is 4.99. The maximum Gasteiger partial charge on any atom is 0.286 e. The fourth-order valence-corrected chi connectivity index (χ4v) is 1.87. The Bertz CT molecular complexity index is 330. The Kier molecular flexibility index (Phi) is 2.49. The molecule has 1 heterocycles. The molecule has 1 unspecified atom stereocenters. The average Bonchev–Trinajstić information content (AvgIpc) is 2.38. The lowest BCUT2D eigenvalue weighted by Crippen LogP contribution is -2.16. The van der Waals surface area contributed by atoms with Crippen molar-refractivity contribution in [2.24, 2.45) is 0 Å². The van der Waals surface area contributed by atoms with Gasteiger partial charge in [-0.25, -0.2) is 4.98 Å². The summed E-state index contributed by atoms with van der Waals surface area (Å²) >= 11 is 0. The highest BCUT2D eigenvalue weighted by Crippen LogP contribution is 2.16. The highest BCUT2D eigenvalue weighted by atomic mass is 32.2. The van der Waals surface area contributed by atoms with Crippen LogP contribution in [0.25, 0.3) is 0 Å². The van der Waals surface area contributed by atoms with Gasteiger partial charge in [0, 0.05) is 12.4 Å². The normalized spacial score (nSPS) is 14.5. The van der Waals surface area contributed by atoms with E-state index in [-0.39, 0.29) is 0 Å². The van der Waals surface area contributed by atoms with Gasteiger partial charge in [0.2, 0.25) is 0 Å². The molecule has 1 rings (SSSR count). The lowest BCUT2D eigenvalue weighted by atomic mass is 10.5. The molecule has 12 heavy (non-hydrogen) atoms. The number of imidazole rings is 1. The first-order chi connectivity index (χ1) is 5.55. The minimum absolute atomic E-state index is 0.315. The van der Waals surface area contributed by atoms with E-state index in [1.165, 1.54) is 23.3 Å². The van der Waals surface area contributed by atoms with Crippen molar-refractivity contribution in [1.29, 1.82) is 0 Å². The van der Waals surface area contributed by atoms with E-state index in [2.05, 4.69) is 4.98 Å². The Hall–Kier alpha value is -0.880. The van der Waals surface area contributed by atoms with Crippen LogP contribution in [-0.2, 0) is 10.1 Å². The number of hydrogen-bond donors (Lipinski definition) is 1. The summed E-state index contributed by atoms with van der Waals surface area (Å²) < 4.78 is 31.7. The van der Waals surface area contributed by atoms with E-state index in [0.717, 1.165) is 0 Å². The molecular formula is C6H10N2O3S. The fourth-order valence-electron chi connectivity index (χ4n) is 1.02. The lowest BCUT2D eigenvalue weighted by Gasteiger charge is -2.11. The molecular weight excluding hydrogens is 180 g/mol. The van der Waals surface area contributed by atoms with Crippen molar-refractivity contribution in [3.8, 4) is 0 Å². The highest BCUT2D eigenvalue weighted by Gasteiger charge is 2.21. The van der Waals surface area contributed by atoms with E-state index in [4.69, 9.17) is 4.55 Å². The SMILES string of the molecule is CCC(n1ccnc1)S(=O)(=O)O. The average molecular weight is 190 g/mol. The van der Waals surface area contributed by atoms with Crippen LogP contribution in [0.5, 0.6) is 0 Å². The van der Waals surface area contributed by atoms with Crippen molar-refractivity contribution in [1.82, 2.24) is 9.55 Å². The van der Waals surface area contributed by atoms with Gasteiger partial charge in [-0.2, -0.15) is 8.42 Å². The molecule has 0 aliphatic rings. The minimum Gasteiger partial charge on any atom is -0.318 e. The van der Waals surface area contributed by atoms with Gasteiger partial charge in [-0.1, -0.05) is 6.92 Å². The van der Waals surface area contributed by atoms with E-state index in [1.54, 1.807) is 6.92 Å². The Labute approximate surface area is 70.8 Å². The Balaban J connectivity index is 3.00. The zero-order chi connectivity index (χ0) is 9.19. The zero-order valence-electron chi connectivity index (χ0n) is 6.58. The van der Waals surface area contributed by atoms with Crippen LogP contribution in [0.4, 0.5) is 0 Å². The Morgan fingerprint density at radius 3 is 2.67 bits per heavy atom. The minimum atomic E-state index is -4.01. The Morgan fingerprint density at radius 2 is 2.33 bits per heavy atom. The summed E-state index contributed by atoms with van der Waals surface area (Å²) in [5.41, 5.74) is 0. The topological polar surface area (TPSA) is 72.2 Å². The molecule has 0 aliphatic carbocycles. The third kappa shape index (κ3) is 1.83. The molecule has 0 amide bonds. The standard InChI is InChI=1S/C6H10N2O3S/c1-2-6(12(9,10)11)8-4-3-7-5-8/h3-6H,2H2,1H3,(H,9,10,11). The summed E-state index contributed by atoms with van der Waals surface area (Å²) in [5.74, 6) is 0.